The van der Waals surface area contributed by atoms with Crippen molar-refractivity contribution in [1.29, 1.82) is 0 Å². The zero-order valence-corrected chi connectivity index (χ0v) is 13.5. The van der Waals surface area contributed by atoms with E-state index in [0.717, 1.165) is 0 Å². The van der Waals surface area contributed by atoms with Gasteiger partial charge in [-0.1, -0.05) is 12.1 Å². The van der Waals surface area contributed by atoms with Gasteiger partial charge in [0.1, 0.15) is 6.54 Å². The number of furan rings is 1. The summed E-state index contributed by atoms with van der Waals surface area (Å²) in [5, 5.41) is 4.91. The number of benzene rings is 1. The molecule has 120 valence electrons. The number of para-hydroxylation sites is 1. The second kappa shape index (κ2) is 8.14. The van der Waals surface area contributed by atoms with Gasteiger partial charge in [0.15, 0.2) is 12.4 Å². The second-order valence-electron chi connectivity index (χ2n) is 4.35. The van der Waals surface area contributed by atoms with E-state index in [-0.39, 0.29) is 12.3 Å². The van der Waals surface area contributed by atoms with Crippen molar-refractivity contribution in [2.75, 3.05) is 18.5 Å². The number of carbonyl (C=O) groups excluding carboxylic acids is 3. The van der Waals surface area contributed by atoms with Crippen LogP contribution in [0.3, 0.4) is 0 Å². The summed E-state index contributed by atoms with van der Waals surface area (Å²) in [4.78, 5) is 34.7. The number of halogens is 1. The summed E-state index contributed by atoms with van der Waals surface area (Å²) in [6.07, 6.45) is 1.35. The van der Waals surface area contributed by atoms with Crippen LogP contribution in [0.5, 0.6) is 0 Å². The van der Waals surface area contributed by atoms with Gasteiger partial charge in [0.2, 0.25) is 0 Å². The first-order chi connectivity index (χ1) is 11.1. The molecule has 23 heavy (non-hydrogen) atoms. The van der Waals surface area contributed by atoms with Crippen molar-refractivity contribution in [3.05, 3.63) is 52.9 Å². The van der Waals surface area contributed by atoms with E-state index >= 15 is 0 Å². The first-order valence-corrected chi connectivity index (χ1v) is 7.37. The molecule has 2 rings (SSSR count). The molecule has 0 atom stereocenters. The minimum absolute atomic E-state index is 0.0875. The second-order valence-corrected chi connectivity index (χ2v) is 5.20. The Labute approximate surface area is 140 Å². The molecule has 0 bridgehead atoms. The molecule has 0 saturated carbocycles. The van der Waals surface area contributed by atoms with Crippen LogP contribution in [0.25, 0.3) is 0 Å². The summed E-state index contributed by atoms with van der Waals surface area (Å²) in [5.74, 6) is -1.66. The highest BCUT2D eigenvalue weighted by Gasteiger charge is 2.12. The van der Waals surface area contributed by atoms with E-state index in [2.05, 4.69) is 26.6 Å². The van der Waals surface area contributed by atoms with Crippen LogP contribution >= 0.6 is 15.9 Å². The zero-order valence-electron chi connectivity index (χ0n) is 11.9. The molecule has 2 aromatic rings. The maximum atomic E-state index is 11.7. The van der Waals surface area contributed by atoms with Crippen molar-refractivity contribution in [2.45, 2.75) is 0 Å². The summed E-state index contributed by atoms with van der Waals surface area (Å²) >= 11 is 3.29. The third kappa shape index (κ3) is 5.26. The highest BCUT2D eigenvalue weighted by molar-refractivity contribution is 9.10. The van der Waals surface area contributed by atoms with Crippen LogP contribution < -0.4 is 10.6 Å². The van der Waals surface area contributed by atoms with E-state index in [0.29, 0.717) is 10.2 Å². The van der Waals surface area contributed by atoms with E-state index in [1.807, 2.05) is 6.07 Å². The minimum atomic E-state index is -0.729. The summed E-state index contributed by atoms with van der Waals surface area (Å²) in [6.45, 7) is -0.807. The molecular weight excluding hydrogens is 368 g/mol. The number of carbonyl (C=O) groups is 3. The Hall–Kier alpha value is -2.61. The number of nitrogens with one attached hydrogen (secondary N) is 2. The number of hydrogen-bond acceptors (Lipinski definition) is 5. The van der Waals surface area contributed by atoms with Crippen molar-refractivity contribution in [3.8, 4) is 0 Å². The van der Waals surface area contributed by atoms with E-state index in [4.69, 9.17) is 9.15 Å². The van der Waals surface area contributed by atoms with E-state index in [9.17, 15) is 14.4 Å². The maximum Gasteiger partial charge on any atom is 0.325 e. The van der Waals surface area contributed by atoms with Crippen LogP contribution in [0.15, 0.2) is 51.6 Å². The Morgan fingerprint density at radius 3 is 2.61 bits per heavy atom. The van der Waals surface area contributed by atoms with Crippen molar-refractivity contribution in [1.82, 2.24) is 5.32 Å². The molecule has 1 heterocycles. The van der Waals surface area contributed by atoms with Crippen LogP contribution in [-0.4, -0.2) is 30.9 Å². The van der Waals surface area contributed by atoms with Crippen molar-refractivity contribution in [3.63, 3.8) is 0 Å². The first-order valence-electron chi connectivity index (χ1n) is 6.58. The number of ether oxygens (including phenoxy) is 1. The van der Waals surface area contributed by atoms with Crippen molar-refractivity contribution < 1.29 is 23.5 Å². The third-order valence-electron chi connectivity index (χ3n) is 2.65. The summed E-state index contributed by atoms with van der Waals surface area (Å²) in [7, 11) is 0. The molecule has 1 aromatic heterocycles. The topological polar surface area (TPSA) is 97.6 Å². The fourth-order valence-electron chi connectivity index (χ4n) is 1.59. The summed E-state index contributed by atoms with van der Waals surface area (Å²) < 4.78 is 10.4. The van der Waals surface area contributed by atoms with Gasteiger partial charge in [0, 0.05) is 4.47 Å². The smallest absolute Gasteiger partial charge is 0.325 e. The van der Waals surface area contributed by atoms with E-state index in [1.54, 1.807) is 24.3 Å². The number of anilines is 1. The Kier molecular flexibility index (Phi) is 5.93. The molecule has 0 fully saturated rings. The van der Waals surface area contributed by atoms with Gasteiger partial charge in [-0.3, -0.25) is 14.4 Å². The lowest BCUT2D eigenvalue weighted by atomic mass is 10.3. The molecule has 0 spiro atoms. The Morgan fingerprint density at radius 2 is 1.91 bits per heavy atom. The van der Waals surface area contributed by atoms with Crippen molar-refractivity contribution in [2.24, 2.45) is 0 Å². The average Bonchev–Trinajstić information content (AvgIpc) is 3.07. The molecule has 2 N–H and O–H groups in total. The molecule has 0 aliphatic rings. The van der Waals surface area contributed by atoms with Gasteiger partial charge in [-0.05, 0) is 40.2 Å². The lowest BCUT2D eigenvalue weighted by molar-refractivity contribution is -0.146. The normalized spacial score (nSPS) is 9.96. The standard InChI is InChI=1S/C15H13BrN2O5/c16-10-4-1-2-5-11(10)18-13(19)9-23-14(20)8-17-15(21)12-6-3-7-22-12/h1-7H,8-9H2,(H,17,21)(H,18,19). The molecule has 8 heteroatoms. The van der Waals surface area contributed by atoms with Gasteiger partial charge in [0.05, 0.1) is 12.0 Å². The lowest BCUT2D eigenvalue weighted by Gasteiger charge is -2.08. The van der Waals surface area contributed by atoms with Gasteiger partial charge < -0.3 is 19.8 Å². The molecule has 0 saturated heterocycles. The quantitative estimate of drug-likeness (QED) is 0.746. The van der Waals surface area contributed by atoms with E-state index < -0.39 is 24.4 Å². The van der Waals surface area contributed by atoms with Crippen LogP contribution in [0.1, 0.15) is 10.6 Å². The van der Waals surface area contributed by atoms with Crippen LogP contribution in [0, 0.1) is 0 Å². The Balaban J connectivity index is 1.71. The van der Waals surface area contributed by atoms with Gasteiger partial charge in [0.25, 0.3) is 11.8 Å². The molecular formula is C15H13BrN2O5. The zero-order chi connectivity index (χ0) is 16.7. The third-order valence-corrected chi connectivity index (χ3v) is 3.34. The maximum absolute atomic E-state index is 11.7. The minimum Gasteiger partial charge on any atom is -0.459 e. The predicted octanol–water partition coefficient (Wildman–Crippen LogP) is 1.95. The fourth-order valence-corrected chi connectivity index (χ4v) is 1.98. The average molecular weight is 381 g/mol. The molecule has 2 amide bonds. The highest BCUT2D eigenvalue weighted by atomic mass is 79.9. The van der Waals surface area contributed by atoms with Crippen molar-refractivity contribution >= 4 is 39.4 Å². The largest absolute Gasteiger partial charge is 0.459 e. The first kappa shape index (κ1) is 16.8. The number of rotatable bonds is 6. The molecule has 7 nitrogen and oxygen atoms in total. The van der Waals surface area contributed by atoms with Crippen LogP contribution in [0.4, 0.5) is 5.69 Å². The summed E-state index contributed by atoms with van der Waals surface area (Å²) in [5.41, 5.74) is 0.569. The van der Waals surface area contributed by atoms with Crippen LogP contribution in [-0.2, 0) is 14.3 Å². The summed E-state index contributed by atoms with van der Waals surface area (Å²) in [6, 6.07) is 10.1. The monoisotopic (exact) mass is 380 g/mol. The molecule has 0 unspecified atom stereocenters. The fraction of sp³-hybridized carbons (Fsp3) is 0.133. The van der Waals surface area contributed by atoms with Crippen LogP contribution in [0.2, 0.25) is 0 Å². The Bertz CT molecular complexity index is 700. The van der Waals surface area contributed by atoms with Gasteiger partial charge in [-0.25, -0.2) is 0 Å². The highest BCUT2D eigenvalue weighted by Crippen LogP contribution is 2.20. The molecule has 0 aliphatic heterocycles. The number of esters is 1. The number of amides is 2. The predicted molar refractivity (Wildman–Crippen MR) is 84.8 cm³/mol. The molecule has 0 aliphatic carbocycles. The van der Waals surface area contributed by atoms with E-state index in [1.165, 1.54) is 12.3 Å². The number of hydrogen-bond donors (Lipinski definition) is 2. The molecule has 0 radical (unpaired) electrons. The van der Waals surface area contributed by atoms with Gasteiger partial charge in [-0.15, -0.1) is 0 Å². The van der Waals surface area contributed by atoms with Gasteiger partial charge in [-0.2, -0.15) is 0 Å². The molecule has 1 aromatic carbocycles. The SMILES string of the molecule is O=C(COC(=O)CNC(=O)c1ccco1)Nc1ccccc1Br. The lowest BCUT2D eigenvalue weighted by Crippen LogP contribution is -2.32. The Morgan fingerprint density at radius 1 is 1.13 bits per heavy atom. The van der Waals surface area contributed by atoms with Gasteiger partial charge >= 0.3 is 5.97 Å².